The molecule has 1 aliphatic heterocycles. The quantitative estimate of drug-likeness (QED) is 0.841. The lowest BCUT2D eigenvalue weighted by molar-refractivity contribution is 0.170. The Labute approximate surface area is 145 Å². The summed E-state index contributed by atoms with van der Waals surface area (Å²) in [5.41, 5.74) is 2.52. The summed E-state index contributed by atoms with van der Waals surface area (Å²) in [7, 11) is 4.15. The first-order chi connectivity index (χ1) is 11.6. The van der Waals surface area contributed by atoms with E-state index in [1.165, 1.54) is 11.1 Å². The van der Waals surface area contributed by atoms with E-state index in [0.717, 1.165) is 44.0 Å². The second-order valence-electron chi connectivity index (χ2n) is 6.88. The number of anilines is 1. The van der Waals surface area contributed by atoms with E-state index in [1.54, 1.807) is 0 Å². The molecule has 1 aliphatic rings. The number of hydrogen-bond donors (Lipinski definition) is 0. The molecule has 3 rings (SSSR count). The molecule has 0 bridgehead atoms. The highest BCUT2D eigenvalue weighted by Crippen LogP contribution is 2.22. The molecule has 0 N–H and O–H groups in total. The Morgan fingerprint density at radius 3 is 2.38 bits per heavy atom. The van der Waals surface area contributed by atoms with E-state index in [1.807, 2.05) is 6.20 Å². The highest BCUT2D eigenvalue weighted by atomic mass is 16.5. The predicted molar refractivity (Wildman–Crippen MR) is 98.7 cm³/mol. The Kier molecular flexibility index (Phi) is 5.36. The molecule has 0 atom stereocenters. The molecule has 2 heterocycles. The van der Waals surface area contributed by atoms with Crippen molar-refractivity contribution in [1.29, 1.82) is 0 Å². The molecule has 0 unspecified atom stereocenters. The third-order valence-corrected chi connectivity index (χ3v) is 4.40. The van der Waals surface area contributed by atoms with Crippen molar-refractivity contribution in [1.82, 2.24) is 9.88 Å². The Bertz CT molecular complexity index is 629. The molecule has 0 spiro atoms. The van der Waals surface area contributed by atoms with Crippen LogP contribution in [-0.2, 0) is 6.54 Å². The lowest BCUT2D eigenvalue weighted by atomic mass is 10.1. The van der Waals surface area contributed by atoms with Crippen LogP contribution in [0.4, 0.5) is 5.82 Å². The van der Waals surface area contributed by atoms with Gasteiger partial charge in [0.25, 0.3) is 0 Å². The van der Waals surface area contributed by atoms with Gasteiger partial charge in [-0.05, 0) is 44.8 Å². The zero-order valence-electron chi connectivity index (χ0n) is 14.9. The largest absolute Gasteiger partial charge is 0.490 e. The maximum Gasteiger partial charge on any atom is 0.128 e. The Morgan fingerprint density at radius 1 is 1.08 bits per heavy atom. The molecule has 0 aliphatic carbocycles. The molecular formula is C20H27N3O. The molecule has 0 amide bonds. The molecular weight excluding hydrogens is 298 g/mol. The second-order valence-corrected chi connectivity index (χ2v) is 6.88. The third-order valence-electron chi connectivity index (χ3n) is 4.40. The van der Waals surface area contributed by atoms with Gasteiger partial charge < -0.3 is 14.5 Å². The van der Waals surface area contributed by atoms with Gasteiger partial charge in [-0.1, -0.05) is 23.8 Å². The van der Waals surface area contributed by atoms with Crippen molar-refractivity contribution in [2.24, 2.45) is 0 Å². The standard InChI is InChI=1S/C20H27N3O/c1-16-4-7-18(8-5-16)24-19-10-12-23(13-11-19)20-9-6-17(14-21-20)15-22(2)3/h4-9,14,19H,10-13,15H2,1-3H3. The van der Waals surface area contributed by atoms with Crippen LogP contribution in [0.1, 0.15) is 24.0 Å². The summed E-state index contributed by atoms with van der Waals surface area (Å²) < 4.78 is 6.10. The molecule has 128 valence electrons. The average molecular weight is 325 g/mol. The number of rotatable bonds is 5. The van der Waals surface area contributed by atoms with Crippen molar-refractivity contribution >= 4 is 5.82 Å². The van der Waals surface area contributed by atoms with Gasteiger partial charge in [-0.2, -0.15) is 0 Å². The summed E-state index contributed by atoms with van der Waals surface area (Å²) in [4.78, 5) is 9.15. The lowest BCUT2D eigenvalue weighted by Crippen LogP contribution is -2.38. The minimum absolute atomic E-state index is 0.303. The van der Waals surface area contributed by atoms with Gasteiger partial charge in [0.2, 0.25) is 0 Å². The van der Waals surface area contributed by atoms with Crippen molar-refractivity contribution in [2.45, 2.75) is 32.4 Å². The van der Waals surface area contributed by atoms with Crippen molar-refractivity contribution < 1.29 is 4.74 Å². The number of piperidine rings is 1. The van der Waals surface area contributed by atoms with Crippen LogP contribution in [0, 0.1) is 6.92 Å². The Hall–Kier alpha value is -2.07. The van der Waals surface area contributed by atoms with E-state index in [4.69, 9.17) is 4.74 Å². The molecule has 1 aromatic heterocycles. The van der Waals surface area contributed by atoms with Crippen molar-refractivity contribution in [3.8, 4) is 5.75 Å². The van der Waals surface area contributed by atoms with E-state index < -0.39 is 0 Å². The third kappa shape index (κ3) is 4.48. The molecule has 0 saturated carbocycles. The van der Waals surface area contributed by atoms with Gasteiger partial charge in [-0.3, -0.25) is 0 Å². The van der Waals surface area contributed by atoms with Crippen molar-refractivity contribution in [3.63, 3.8) is 0 Å². The van der Waals surface area contributed by atoms with E-state index in [9.17, 15) is 0 Å². The van der Waals surface area contributed by atoms with Crippen LogP contribution in [0.15, 0.2) is 42.6 Å². The van der Waals surface area contributed by atoms with Crippen LogP contribution in [0.3, 0.4) is 0 Å². The minimum atomic E-state index is 0.303. The predicted octanol–water partition coefficient (Wildman–Crippen LogP) is 3.50. The van der Waals surface area contributed by atoms with Crippen LogP contribution in [0.5, 0.6) is 5.75 Å². The van der Waals surface area contributed by atoms with Gasteiger partial charge >= 0.3 is 0 Å². The molecule has 2 aromatic rings. The summed E-state index contributed by atoms with van der Waals surface area (Å²) in [5, 5.41) is 0. The zero-order chi connectivity index (χ0) is 16.9. The molecule has 1 fully saturated rings. The first kappa shape index (κ1) is 16.8. The SMILES string of the molecule is Cc1ccc(OC2CCN(c3ccc(CN(C)C)cn3)CC2)cc1. The number of nitrogens with zero attached hydrogens (tertiary/aromatic N) is 3. The second kappa shape index (κ2) is 7.67. The van der Waals surface area contributed by atoms with Gasteiger partial charge in [0.05, 0.1) is 0 Å². The van der Waals surface area contributed by atoms with Gasteiger partial charge in [0.15, 0.2) is 0 Å². The van der Waals surface area contributed by atoms with Gasteiger partial charge in [0, 0.05) is 38.7 Å². The van der Waals surface area contributed by atoms with Crippen LogP contribution in [0.2, 0.25) is 0 Å². The summed E-state index contributed by atoms with van der Waals surface area (Å²) in [6.07, 6.45) is 4.37. The maximum absolute atomic E-state index is 6.10. The molecule has 0 radical (unpaired) electrons. The van der Waals surface area contributed by atoms with E-state index in [2.05, 4.69) is 72.2 Å². The monoisotopic (exact) mass is 325 g/mol. The van der Waals surface area contributed by atoms with Crippen LogP contribution in [-0.4, -0.2) is 43.2 Å². The Morgan fingerprint density at radius 2 is 1.79 bits per heavy atom. The molecule has 4 nitrogen and oxygen atoms in total. The van der Waals surface area contributed by atoms with Gasteiger partial charge in [-0.25, -0.2) is 4.98 Å². The maximum atomic E-state index is 6.10. The van der Waals surface area contributed by atoms with E-state index in [-0.39, 0.29) is 0 Å². The van der Waals surface area contributed by atoms with Crippen molar-refractivity contribution in [3.05, 3.63) is 53.7 Å². The van der Waals surface area contributed by atoms with Crippen LogP contribution in [0.25, 0.3) is 0 Å². The normalized spacial score (nSPS) is 15.8. The summed E-state index contributed by atoms with van der Waals surface area (Å²) in [6, 6.07) is 12.6. The number of aromatic nitrogens is 1. The fourth-order valence-corrected chi connectivity index (χ4v) is 3.07. The van der Waals surface area contributed by atoms with Gasteiger partial charge in [-0.15, -0.1) is 0 Å². The first-order valence-corrected chi connectivity index (χ1v) is 8.68. The van der Waals surface area contributed by atoms with E-state index in [0.29, 0.717) is 6.10 Å². The number of pyridine rings is 1. The summed E-state index contributed by atoms with van der Waals surface area (Å²) in [6.45, 7) is 5.02. The average Bonchev–Trinajstić information content (AvgIpc) is 2.58. The zero-order valence-corrected chi connectivity index (χ0v) is 14.9. The molecule has 24 heavy (non-hydrogen) atoms. The number of hydrogen-bond acceptors (Lipinski definition) is 4. The number of aryl methyl sites for hydroxylation is 1. The molecule has 4 heteroatoms. The van der Waals surface area contributed by atoms with Crippen LogP contribution >= 0.6 is 0 Å². The fraction of sp³-hybridized carbons (Fsp3) is 0.450. The van der Waals surface area contributed by atoms with Crippen molar-refractivity contribution in [2.75, 3.05) is 32.1 Å². The summed E-state index contributed by atoms with van der Waals surface area (Å²) >= 11 is 0. The smallest absolute Gasteiger partial charge is 0.128 e. The number of benzene rings is 1. The highest BCUT2D eigenvalue weighted by Gasteiger charge is 2.21. The number of ether oxygens (including phenoxy) is 1. The molecule has 1 aromatic carbocycles. The minimum Gasteiger partial charge on any atom is -0.490 e. The van der Waals surface area contributed by atoms with E-state index >= 15 is 0 Å². The Balaban J connectivity index is 1.52. The topological polar surface area (TPSA) is 28.6 Å². The highest BCUT2D eigenvalue weighted by molar-refractivity contribution is 5.40. The van der Waals surface area contributed by atoms with Gasteiger partial charge in [0.1, 0.15) is 17.7 Å². The lowest BCUT2D eigenvalue weighted by Gasteiger charge is -2.33. The summed E-state index contributed by atoms with van der Waals surface area (Å²) in [5.74, 6) is 2.05. The van der Waals surface area contributed by atoms with Crippen LogP contribution < -0.4 is 9.64 Å². The molecule has 1 saturated heterocycles. The fourth-order valence-electron chi connectivity index (χ4n) is 3.07. The first-order valence-electron chi connectivity index (χ1n) is 8.68.